The lowest BCUT2D eigenvalue weighted by molar-refractivity contribution is -0.116. The van der Waals surface area contributed by atoms with Gasteiger partial charge in [-0.3, -0.25) is 4.79 Å². The van der Waals surface area contributed by atoms with Crippen LogP contribution in [0.3, 0.4) is 0 Å². The molecule has 1 amide bonds. The molecule has 6 nitrogen and oxygen atoms in total. The van der Waals surface area contributed by atoms with Crippen LogP contribution in [0.15, 0.2) is 24.4 Å². The number of imidazole rings is 1. The average Bonchev–Trinajstić information content (AvgIpc) is 2.68. The Balaban J connectivity index is 2.47. The summed E-state index contributed by atoms with van der Waals surface area (Å²) in [5.74, 6) is 0.402. The Morgan fingerprint density at radius 2 is 2.33 bits per heavy atom. The molecule has 2 aromatic rings. The van der Waals surface area contributed by atoms with Gasteiger partial charge in [0.1, 0.15) is 5.65 Å². The first kappa shape index (κ1) is 12.4. The molecule has 0 bridgehead atoms. The van der Waals surface area contributed by atoms with Crippen molar-refractivity contribution in [2.75, 3.05) is 25.5 Å². The molecule has 0 saturated heterocycles. The van der Waals surface area contributed by atoms with Crippen LogP contribution in [-0.4, -0.2) is 35.9 Å². The van der Waals surface area contributed by atoms with Gasteiger partial charge >= 0.3 is 0 Å². The number of hydrogen-bond acceptors (Lipinski definition) is 4. The number of nitrogens with two attached hydrogens (primary N) is 1. The summed E-state index contributed by atoms with van der Waals surface area (Å²) >= 11 is 0. The lowest BCUT2D eigenvalue weighted by atomic mass is 10.3. The Hall–Kier alpha value is -2.08. The molecule has 96 valence electrons. The van der Waals surface area contributed by atoms with Crippen LogP contribution in [0.2, 0.25) is 0 Å². The molecule has 0 unspecified atom stereocenters. The third kappa shape index (κ3) is 2.28. The van der Waals surface area contributed by atoms with Crippen molar-refractivity contribution in [1.29, 1.82) is 0 Å². The van der Waals surface area contributed by atoms with Crippen molar-refractivity contribution in [2.45, 2.75) is 6.54 Å². The minimum atomic E-state index is -0.370. The van der Waals surface area contributed by atoms with E-state index in [1.807, 2.05) is 42.9 Å². The van der Waals surface area contributed by atoms with Crippen LogP contribution in [0.5, 0.6) is 0 Å². The van der Waals surface area contributed by atoms with Gasteiger partial charge < -0.3 is 20.4 Å². The first-order valence-corrected chi connectivity index (χ1v) is 5.73. The van der Waals surface area contributed by atoms with Crippen LogP contribution in [-0.2, 0) is 11.3 Å². The maximum Gasteiger partial charge on any atom is 0.236 e. The fourth-order valence-corrected chi connectivity index (χ4v) is 1.98. The van der Waals surface area contributed by atoms with Gasteiger partial charge in [0.05, 0.1) is 12.2 Å². The topological polar surface area (TPSA) is 75.7 Å². The number of pyridine rings is 1. The minimum Gasteiger partial charge on any atom is -0.368 e. The number of nitrogens with one attached hydrogen (secondary N) is 1. The highest BCUT2D eigenvalue weighted by Gasteiger charge is 2.15. The summed E-state index contributed by atoms with van der Waals surface area (Å²) in [6, 6.07) is 5.82. The highest BCUT2D eigenvalue weighted by atomic mass is 16.1. The Bertz CT molecular complexity index is 563. The molecule has 2 heterocycles. The van der Waals surface area contributed by atoms with Gasteiger partial charge in [0.2, 0.25) is 5.91 Å². The van der Waals surface area contributed by atoms with Gasteiger partial charge in [-0.15, -0.1) is 0 Å². The van der Waals surface area contributed by atoms with Crippen molar-refractivity contribution in [2.24, 2.45) is 5.73 Å². The third-order valence-corrected chi connectivity index (χ3v) is 2.71. The quantitative estimate of drug-likeness (QED) is 0.778. The first-order valence-electron chi connectivity index (χ1n) is 5.73. The van der Waals surface area contributed by atoms with Crippen LogP contribution in [0.25, 0.3) is 5.65 Å². The number of primary amides is 1. The van der Waals surface area contributed by atoms with Crippen LogP contribution >= 0.6 is 0 Å². The fourth-order valence-electron chi connectivity index (χ4n) is 1.98. The summed E-state index contributed by atoms with van der Waals surface area (Å²) in [5.41, 5.74) is 7.08. The molecular weight excluding hydrogens is 230 g/mol. The third-order valence-electron chi connectivity index (χ3n) is 2.71. The lowest BCUT2D eigenvalue weighted by Gasteiger charge is -2.16. The fraction of sp³-hybridized carbons (Fsp3) is 0.333. The summed E-state index contributed by atoms with van der Waals surface area (Å²) in [7, 11) is 3.69. The Labute approximate surface area is 105 Å². The van der Waals surface area contributed by atoms with E-state index in [0.29, 0.717) is 6.54 Å². The number of likely N-dealkylation sites (N-methyl/N-ethyl adjacent to an activating group) is 1. The van der Waals surface area contributed by atoms with Gasteiger partial charge in [-0.1, -0.05) is 6.07 Å². The van der Waals surface area contributed by atoms with Crippen molar-refractivity contribution in [3.05, 3.63) is 30.1 Å². The number of aromatic nitrogens is 2. The maximum atomic E-state index is 11.0. The van der Waals surface area contributed by atoms with Gasteiger partial charge in [0, 0.05) is 19.8 Å². The summed E-state index contributed by atoms with van der Waals surface area (Å²) in [6.45, 7) is 0.824. The molecule has 2 rings (SSSR count). The van der Waals surface area contributed by atoms with Gasteiger partial charge in [-0.2, -0.15) is 0 Å². The number of amides is 1. The van der Waals surface area contributed by atoms with Crippen LogP contribution in [0, 0.1) is 0 Å². The second-order valence-corrected chi connectivity index (χ2v) is 4.16. The molecule has 0 aliphatic carbocycles. The number of carbonyl (C=O) groups excluding carboxylic acids is 1. The Morgan fingerprint density at radius 3 is 3.00 bits per heavy atom. The molecule has 6 heteroatoms. The predicted molar refractivity (Wildman–Crippen MR) is 70.4 cm³/mol. The number of rotatable bonds is 5. The molecule has 0 saturated carbocycles. The molecule has 0 atom stereocenters. The highest BCUT2D eigenvalue weighted by Crippen LogP contribution is 2.20. The van der Waals surface area contributed by atoms with E-state index in [1.54, 1.807) is 4.90 Å². The van der Waals surface area contributed by atoms with E-state index in [9.17, 15) is 4.79 Å². The molecule has 0 fully saturated rings. The molecule has 0 aromatic carbocycles. The zero-order chi connectivity index (χ0) is 13.1. The Kier molecular flexibility index (Phi) is 3.47. The van der Waals surface area contributed by atoms with E-state index in [4.69, 9.17) is 5.73 Å². The van der Waals surface area contributed by atoms with E-state index >= 15 is 0 Å². The van der Waals surface area contributed by atoms with Crippen molar-refractivity contribution in [3.63, 3.8) is 0 Å². The molecule has 0 aliphatic rings. The van der Waals surface area contributed by atoms with Crippen LogP contribution in [0.1, 0.15) is 5.69 Å². The van der Waals surface area contributed by atoms with Gasteiger partial charge in [0.25, 0.3) is 0 Å². The molecule has 18 heavy (non-hydrogen) atoms. The van der Waals surface area contributed by atoms with Crippen molar-refractivity contribution < 1.29 is 4.79 Å². The predicted octanol–water partition coefficient (Wildman–Crippen LogP) is -0.0248. The molecule has 0 aliphatic heterocycles. The summed E-state index contributed by atoms with van der Waals surface area (Å²) in [6.07, 6.45) is 1.95. The lowest BCUT2D eigenvalue weighted by Crippen LogP contribution is -2.31. The average molecular weight is 247 g/mol. The minimum absolute atomic E-state index is 0.153. The smallest absolute Gasteiger partial charge is 0.236 e. The summed E-state index contributed by atoms with van der Waals surface area (Å²) < 4.78 is 2.00. The zero-order valence-corrected chi connectivity index (χ0v) is 10.6. The molecule has 0 spiro atoms. The monoisotopic (exact) mass is 247 g/mol. The van der Waals surface area contributed by atoms with Crippen molar-refractivity contribution in [3.8, 4) is 0 Å². The van der Waals surface area contributed by atoms with Crippen molar-refractivity contribution in [1.82, 2.24) is 14.7 Å². The number of hydrogen-bond donors (Lipinski definition) is 2. The number of carbonyl (C=O) groups is 1. The highest BCUT2D eigenvalue weighted by molar-refractivity contribution is 5.79. The van der Waals surface area contributed by atoms with E-state index in [2.05, 4.69) is 10.3 Å². The van der Waals surface area contributed by atoms with E-state index in [-0.39, 0.29) is 12.5 Å². The second kappa shape index (κ2) is 5.05. The van der Waals surface area contributed by atoms with E-state index < -0.39 is 0 Å². The van der Waals surface area contributed by atoms with Gasteiger partial charge in [0.15, 0.2) is 5.82 Å². The van der Waals surface area contributed by atoms with Gasteiger partial charge in [-0.25, -0.2) is 4.98 Å². The standard InChI is InChI=1S/C12H17N5O/c1-14-7-9-12(16(2)8-10(13)18)15-11-5-3-4-6-17(9)11/h3-6,14H,7-8H2,1-2H3,(H2,13,18). The summed E-state index contributed by atoms with van der Waals surface area (Å²) in [4.78, 5) is 17.3. The summed E-state index contributed by atoms with van der Waals surface area (Å²) in [5, 5.41) is 3.11. The van der Waals surface area contributed by atoms with Crippen molar-refractivity contribution >= 4 is 17.4 Å². The number of fused-ring (bicyclic) bond motifs is 1. The normalized spacial score (nSPS) is 10.8. The largest absolute Gasteiger partial charge is 0.368 e. The molecule has 2 aromatic heterocycles. The van der Waals surface area contributed by atoms with Gasteiger partial charge in [-0.05, 0) is 19.2 Å². The van der Waals surface area contributed by atoms with Crippen LogP contribution in [0.4, 0.5) is 5.82 Å². The molecule has 0 radical (unpaired) electrons. The first-order chi connectivity index (χ1) is 8.63. The number of anilines is 1. The van der Waals surface area contributed by atoms with Crippen LogP contribution < -0.4 is 16.0 Å². The maximum absolute atomic E-state index is 11.0. The zero-order valence-electron chi connectivity index (χ0n) is 10.6. The molecular formula is C12H17N5O. The Morgan fingerprint density at radius 1 is 1.56 bits per heavy atom. The molecule has 3 N–H and O–H groups in total. The number of nitrogens with zero attached hydrogens (tertiary/aromatic N) is 3. The van der Waals surface area contributed by atoms with E-state index in [1.165, 1.54) is 0 Å². The second-order valence-electron chi connectivity index (χ2n) is 4.16. The SMILES string of the molecule is CNCc1c(N(C)CC(N)=O)nc2ccccn12. The van der Waals surface area contributed by atoms with E-state index in [0.717, 1.165) is 17.2 Å².